The lowest BCUT2D eigenvalue weighted by molar-refractivity contribution is -0.193. The minimum absolute atomic E-state index is 0.0168. The van der Waals surface area contributed by atoms with Gasteiger partial charge >= 0.3 is 18.1 Å². The van der Waals surface area contributed by atoms with Gasteiger partial charge in [0.15, 0.2) is 0 Å². The van der Waals surface area contributed by atoms with Crippen molar-refractivity contribution in [3.63, 3.8) is 0 Å². The Morgan fingerprint density at radius 3 is 2.57 bits per heavy atom. The zero-order valence-corrected chi connectivity index (χ0v) is 18.7. The lowest BCUT2D eigenvalue weighted by Gasteiger charge is -2.21. The summed E-state index contributed by atoms with van der Waals surface area (Å²) in [6.07, 6.45) is -3.06. The summed E-state index contributed by atoms with van der Waals surface area (Å²) in [4.78, 5) is 43.1. The van der Waals surface area contributed by atoms with Crippen molar-refractivity contribution < 1.29 is 27.5 Å². The number of carbonyl (C=O) groups is 2. The number of nitrogens with one attached hydrogen (secondary N) is 1. The monoisotopic (exact) mass is 489 g/mol. The summed E-state index contributed by atoms with van der Waals surface area (Å²) in [5.74, 6) is -3.55. The number of halogens is 3. The van der Waals surface area contributed by atoms with E-state index in [-0.39, 0.29) is 6.04 Å². The quantitative estimate of drug-likeness (QED) is 0.219. The molecule has 4 rings (SSSR count). The van der Waals surface area contributed by atoms with Crippen molar-refractivity contribution in [3.8, 4) is 11.3 Å². The molecule has 3 atom stereocenters. The van der Waals surface area contributed by atoms with Crippen molar-refractivity contribution in [2.24, 2.45) is 17.0 Å². The SMILES string of the molecule is CCc1cc(C(=O)OC(=O)C(F)(F)F)c(=O)[nH]c1-c1ccc(N2C[C@H]3CC[C@H](N=[N+]=[N-])[C@H]3C2)cc1. The Labute approximate surface area is 197 Å². The Morgan fingerprint density at radius 2 is 1.94 bits per heavy atom. The first kappa shape index (κ1) is 24.3. The van der Waals surface area contributed by atoms with Gasteiger partial charge in [-0.2, -0.15) is 13.2 Å². The Hall–Kier alpha value is -3.79. The fourth-order valence-corrected chi connectivity index (χ4v) is 4.95. The van der Waals surface area contributed by atoms with Crippen LogP contribution in [0.25, 0.3) is 21.7 Å². The normalized spacial score (nSPS) is 21.4. The number of rotatable bonds is 5. The van der Waals surface area contributed by atoms with Crippen LogP contribution in [0.1, 0.15) is 35.7 Å². The molecule has 1 saturated heterocycles. The molecule has 12 heteroatoms. The van der Waals surface area contributed by atoms with Gasteiger partial charge in [-0.1, -0.05) is 24.2 Å². The minimum Gasteiger partial charge on any atom is -0.382 e. The Kier molecular flexibility index (Phi) is 6.58. The number of fused-ring (bicyclic) bond motifs is 1. The predicted molar refractivity (Wildman–Crippen MR) is 120 cm³/mol. The number of nitrogens with zero attached hydrogens (tertiary/aromatic N) is 4. The molecule has 184 valence electrons. The molecule has 0 spiro atoms. The van der Waals surface area contributed by atoms with Gasteiger partial charge in [-0.25, -0.2) is 9.59 Å². The van der Waals surface area contributed by atoms with E-state index in [1.54, 1.807) is 6.92 Å². The third-order valence-corrected chi connectivity index (χ3v) is 6.68. The first-order chi connectivity index (χ1) is 16.6. The number of pyridine rings is 1. The Morgan fingerprint density at radius 1 is 1.23 bits per heavy atom. The van der Waals surface area contributed by atoms with Crippen molar-refractivity contribution in [1.82, 2.24) is 4.98 Å². The molecule has 1 aromatic heterocycles. The summed E-state index contributed by atoms with van der Waals surface area (Å²) in [5, 5.41) is 3.94. The Bertz CT molecular complexity index is 1250. The lowest BCUT2D eigenvalue weighted by Crippen LogP contribution is -2.30. The van der Waals surface area contributed by atoms with E-state index in [0.29, 0.717) is 35.1 Å². The smallest absolute Gasteiger partial charge is 0.382 e. The van der Waals surface area contributed by atoms with Crippen LogP contribution >= 0.6 is 0 Å². The Balaban J connectivity index is 1.54. The number of aromatic nitrogens is 1. The summed E-state index contributed by atoms with van der Waals surface area (Å²) in [6.45, 7) is 3.41. The van der Waals surface area contributed by atoms with Crippen molar-refractivity contribution in [2.45, 2.75) is 38.4 Å². The molecular weight excluding hydrogens is 467 g/mol. The minimum atomic E-state index is -5.35. The number of hydrogen-bond donors (Lipinski definition) is 1. The van der Waals surface area contributed by atoms with Crippen LogP contribution in [-0.2, 0) is 16.0 Å². The van der Waals surface area contributed by atoms with Crippen molar-refractivity contribution in [1.29, 1.82) is 0 Å². The maximum absolute atomic E-state index is 12.4. The van der Waals surface area contributed by atoms with Crippen LogP contribution in [0.2, 0.25) is 0 Å². The molecule has 1 aliphatic heterocycles. The first-order valence-electron chi connectivity index (χ1n) is 11.1. The summed E-state index contributed by atoms with van der Waals surface area (Å²) in [7, 11) is 0. The van der Waals surface area contributed by atoms with E-state index in [9.17, 15) is 27.6 Å². The van der Waals surface area contributed by atoms with Crippen LogP contribution in [0.4, 0.5) is 18.9 Å². The lowest BCUT2D eigenvalue weighted by atomic mass is 9.98. The van der Waals surface area contributed by atoms with Crippen molar-refractivity contribution >= 4 is 17.6 Å². The van der Waals surface area contributed by atoms with Crippen molar-refractivity contribution in [2.75, 3.05) is 18.0 Å². The average molecular weight is 489 g/mol. The molecule has 1 saturated carbocycles. The van der Waals surface area contributed by atoms with Gasteiger partial charge in [0.2, 0.25) is 0 Å². The molecule has 35 heavy (non-hydrogen) atoms. The van der Waals surface area contributed by atoms with Gasteiger partial charge < -0.3 is 14.6 Å². The molecule has 1 N–H and O–H groups in total. The molecule has 0 unspecified atom stereocenters. The standard InChI is InChI=1S/C23H22F3N5O4/c1-2-12-9-16(21(33)35-22(34)23(24,25)26)20(32)28-19(12)13-3-6-15(7-4-13)31-10-14-5-8-18(29-30-27)17(14)11-31/h3-4,6-7,9,14,17-18H,2,5,8,10-11H2,1H3,(H,28,32)/t14-,17+,18+/m1/s1. The highest BCUT2D eigenvalue weighted by Crippen LogP contribution is 2.41. The highest BCUT2D eigenvalue weighted by atomic mass is 19.4. The number of benzene rings is 1. The van der Waals surface area contributed by atoms with Crippen molar-refractivity contribution in [3.05, 3.63) is 62.3 Å². The molecular formula is C23H22F3N5O4. The highest BCUT2D eigenvalue weighted by molar-refractivity contribution is 5.98. The largest absolute Gasteiger partial charge is 0.491 e. The number of aromatic amines is 1. The number of ether oxygens (including phenoxy) is 1. The third kappa shape index (κ3) is 4.88. The molecule has 9 nitrogen and oxygen atoms in total. The predicted octanol–water partition coefficient (Wildman–Crippen LogP) is 4.38. The van der Waals surface area contributed by atoms with E-state index in [0.717, 1.165) is 37.7 Å². The number of alkyl halides is 3. The van der Waals surface area contributed by atoms with E-state index >= 15 is 0 Å². The molecule has 2 aromatic rings. The van der Waals surface area contributed by atoms with E-state index in [4.69, 9.17) is 5.53 Å². The number of hydrogen-bond acceptors (Lipinski definition) is 6. The molecule has 2 aliphatic rings. The molecule has 0 amide bonds. The fourth-order valence-electron chi connectivity index (χ4n) is 4.95. The van der Waals surface area contributed by atoms with Gasteiger partial charge in [0, 0.05) is 29.7 Å². The number of anilines is 1. The van der Waals surface area contributed by atoms with E-state index < -0.39 is 29.2 Å². The average Bonchev–Trinajstić information content (AvgIpc) is 3.40. The number of azide groups is 1. The molecule has 1 aliphatic carbocycles. The zero-order valence-electron chi connectivity index (χ0n) is 18.7. The van der Waals surface area contributed by atoms with Crippen LogP contribution in [-0.4, -0.2) is 42.2 Å². The fraction of sp³-hybridized carbons (Fsp3) is 0.435. The number of H-pyrrole nitrogens is 1. The van der Waals surface area contributed by atoms with Gasteiger partial charge in [-0.15, -0.1) is 0 Å². The van der Waals surface area contributed by atoms with Crippen LogP contribution in [0.15, 0.2) is 40.2 Å². The van der Waals surface area contributed by atoms with Gasteiger partial charge in [0.1, 0.15) is 5.56 Å². The summed E-state index contributed by atoms with van der Waals surface area (Å²) >= 11 is 0. The van der Waals surface area contributed by atoms with Crippen LogP contribution in [0, 0.1) is 11.8 Å². The van der Waals surface area contributed by atoms with Gasteiger partial charge in [0.05, 0.1) is 5.69 Å². The van der Waals surface area contributed by atoms with Gasteiger partial charge in [-0.3, -0.25) is 4.79 Å². The third-order valence-electron chi connectivity index (χ3n) is 6.68. The molecule has 0 radical (unpaired) electrons. The maximum atomic E-state index is 12.4. The van der Waals surface area contributed by atoms with Crippen LogP contribution < -0.4 is 10.5 Å². The molecule has 1 aromatic carbocycles. The van der Waals surface area contributed by atoms with E-state index in [1.165, 1.54) is 0 Å². The number of aryl methyl sites for hydroxylation is 1. The first-order valence-corrected chi connectivity index (χ1v) is 11.1. The molecule has 2 heterocycles. The van der Waals surface area contributed by atoms with E-state index in [2.05, 4.69) is 24.6 Å². The topological polar surface area (TPSA) is 128 Å². The van der Waals surface area contributed by atoms with Crippen LogP contribution in [0.3, 0.4) is 0 Å². The summed E-state index contributed by atoms with van der Waals surface area (Å²) in [5.41, 5.74) is 9.69. The second kappa shape index (κ2) is 9.46. The van der Waals surface area contributed by atoms with E-state index in [1.807, 2.05) is 24.3 Å². The number of carbonyl (C=O) groups excluding carboxylic acids is 2. The summed E-state index contributed by atoms with van der Waals surface area (Å²) < 4.78 is 41.0. The molecule has 0 bridgehead atoms. The highest BCUT2D eigenvalue weighted by Gasteiger charge is 2.43. The number of esters is 2. The second-order valence-corrected chi connectivity index (χ2v) is 8.67. The van der Waals surface area contributed by atoms with Gasteiger partial charge in [-0.05, 0) is 66.0 Å². The zero-order chi connectivity index (χ0) is 25.3. The maximum Gasteiger partial charge on any atom is 0.491 e. The molecule has 2 fully saturated rings. The summed E-state index contributed by atoms with van der Waals surface area (Å²) in [6, 6.07) is 8.59. The van der Waals surface area contributed by atoms with Gasteiger partial charge in [0.25, 0.3) is 5.56 Å². The van der Waals surface area contributed by atoms with Crippen LogP contribution in [0.5, 0.6) is 0 Å². The second-order valence-electron chi connectivity index (χ2n) is 8.67.